The summed E-state index contributed by atoms with van der Waals surface area (Å²) in [5, 5.41) is 7.47. The first kappa shape index (κ1) is 32.4. The van der Waals surface area contributed by atoms with E-state index < -0.39 is 0 Å². The van der Waals surface area contributed by atoms with E-state index >= 15 is 0 Å². The second kappa shape index (κ2) is 14.0. The fourth-order valence-corrected chi connectivity index (χ4v) is 8.33. The first-order chi connectivity index (χ1) is 27.3. The molecule has 0 atom stereocenters. The Morgan fingerprint density at radius 2 is 0.673 bits per heavy atom. The molecule has 0 saturated carbocycles. The summed E-state index contributed by atoms with van der Waals surface area (Å²) in [4.78, 5) is 2.36. The molecule has 10 aromatic rings. The van der Waals surface area contributed by atoms with Crippen molar-refractivity contribution >= 4 is 49.4 Å². The molecule has 0 N–H and O–H groups in total. The maximum Gasteiger partial charge on any atom is 0.0468 e. The number of rotatable bonds is 7. The van der Waals surface area contributed by atoms with E-state index in [0.29, 0.717) is 0 Å². The van der Waals surface area contributed by atoms with Gasteiger partial charge in [-0.3, -0.25) is 0 Å². The molecule has 0 saturated heterocycles. The van der Waals surface area contributed by atoms with Crippen molar-refractivity contribution in [1.29, 1.82) is 0 Å². The van der Waals surface area contributed by atoms with E-state index in [1.165, 1.54) is 76.8 Å². The highest BCUT2D eigenvalue weighted by atomic mass is 15.1. The largest absolute Gasteiger partial charge is 0.310 e. The van der Waals surface area contributed by atoms with Gasteiger partial charge >= 0.3 is 0 Å². The first-order valence-electron chi connectivity index (χ1n) is 18.9. The lowest BCUT2D eigenvalue weighted by molar-refractivity contribution is 1.29. The summed E-state index contributed by atoms with van der Waals surface area (Å²) in [6.45, 7) is 0. The molecule has 10 aromatic carbocycles. The van der Waals surface area contributed by atoms with Crippen LogP contribution in [0.25, 0.3) is 76.8 Å². The molecule has 0 unspecified atom stereocenters. The molecule has 0 fully saturated rings. The third kappa shape index (κ3) is 5.84. The summed E-state index contributed by atoms with van der Waals surface area (Å²) in [7, 11) is 0. The number of para-hydroxylation sites is 2. The van der Waals surface area contributed by atoms with Crippen molar-refractivity contribution in [2.75, 3.05) is 4.90 Å². The summed E-state index contributed by atoms with van der Waals surface area (Å²) in [5.41, 5.74) is 13.1. The molecule has 0 radical (unpaired) electrons. The van der Waals surface area contributed by atoms with E-state index in [0.717, 1.165) is 17.1 Å². The molecule has 0 aliphatic carbocycles. The van der Waals surface area contributed by atoms with Crippen LogP contribution >= 0.6 is 0 Å². The summed E-state index contributed by atoms with van der Waals surface area (Å²) in [6, 6.07) is 81.4. The zero-order valence-electron chi connectivity index (χ0n) is 30.3. The summed E-state index contributed by atoms with van der Waals surface area (Å²) < 4.78 is 0. The quantitative estimate of drug-likeness (QED) is 0.150. The van der Waals surface area contributed by atoms with Gasteiger partial charge in [-0.25, -0.2) is 0 Å². The average Bonchev–Trinajstić information content (AvgIpc) is 3.27. The monoisotopic (exact) mass is 699 g/mol. The van der Waals surface area contributed by atoms with Crippen LogP contribution in [0.4, 0.5) is 17.1 Å². The smallest absolute Gasteiger partial charge is 0.0468 e. The molecule has 0 spiro atoms. The Morgan fingerprint density at radius 1 is 0.236 bits per heavy atom. The number of fused-ring (bicyclic) bond motifs is 6. The van der Waals surface area contributed by atoms with Crippen molar-refractivity contribution in [3.05, 3.63) is 224 Å². The summed E-state index contributed by atoms with van der Waals surface area (Å²) >= 11 is 0. The van der Waals surface area contributed by atoms with Gasteiger partial charge in [0.15, 0.2) is 0 Å². The third-order valence-corrected chi connectivity index (χ3v) is 10.8. The van der Waals surface area contributed by atoms with Gasteiger partial charge in [-0.1, -0.05) is 182 Å². The highest BCUT2D eigenvalue weighted by molar-refractivity contribution is 6.33. The van der Waals surface area contributed by atoms with Crippen LogP contribution in [0.1, 0.15) is 0 Å². The van der Waals surface area contributed by atoms with Gasteiger partial charge in [0.25, 0.3) is 0 Å². The van der Waals surface area contributed by atoms with Gasteiger partial charge in [0, 0.05) is 17.1 Å². The predicted octanol–water partition coefficient (Wildman–Crippen LogP) is 15.3. The maximum absolute atomic E-state index is 2.44. The number of anilines is 3. The summed E-state index contributed by atoms with van der Waals surface area (Å²) in [6.07, 6.45) is 0. The lowest BCUT2D eigenvalue weighted by atomic mass is 9.81. The Balaban J connectivity index is 1.34. The van der Waals surface area contributed by atoms with E-state index in [4.69, 9.17) is 0 Å². The van der Waals surface area contributed by atoms with Crippen LogP contribution in [0.2, 0.25) is 0 Å². The van der Waals surface area contributed by atoms with Gasteiger partial charge in [-0.05, 0) is 119 Å². The van der Waals surface area contributed by atoms with Crippen molar-refractivity contribution in [3.63, 3.8) is 0 Å². The van der Waals surface area contributed by atoms with Crippen LogP contribution in [-0.2, 0) is 0 Å². The zero-order chi connectivity index (χ0) is 36.6. The highest BCUT2D eigenvalue weighted by Gasteiger charge is 2.23. The average molecular weight is 700 g/mol. The molecule has 0 aliphatic heterocycles. The molecule has 0 heterocycles. The second-order valence-electron chi connectivity index (χ2n) is 14.1. The fourth-order valence-electron chi connectivity index (χ4n) is 8.33. The molecule has 0 aliphatic rings. The highest BCUT2D eigenvalue weighted by Crippen LogP contribution is 2.50. The van der Waals surface area contributed by atoms with Crippen LogP contribution in [0.5, 0.6) is 0 Å². The number of benzene rings is 10. The summed E-state index contributed by atoms with van der Waals surface area (Å²) in [5.74, 6) is 0. The van der Waals surface area contributed by atoms with Crippen molar-refractivity contribution in [1.82, 2.24) is 0 Å². The lowest BCUT2D eigenvalue weighted by Gasteiger charge is -2.27. The third-order valence-electron chi connectivity index (χ3n) is 10.8. The number of nitrogens with zero attached hydrogens (tertiary/aromatic N) is 1. The Hall–Kier alpha value is -7.22. The second-order valence-corrected chi connectivity index (χ2v) is 14.1. The molecular weight excluding hydrogens is 663 g/mol. The molecule has 55 heavy (non-hydrogen) atoms. The van der Waals surface area contributed by atoms with Crippen LogP contribution in [-0.4, -0.2) is 0 Å². The van der Waals surface area contributed by atoms with Gasteiger partial charge in [0.1, 0.15) is 0 Å². The molecule has 258 valence electrons. The maximum atomic E-state index is 2.44. The number of hydrogen-bond acceptors (Lipinski definition) is 1. The van der Waals surface area contributed by atoms with E-state index in [-0.39, 0.29) is 0 Å². The Kier molecular flexibility index (Phi) is 8.24. The Morgan fingerprint density at radius 3 is 1.27 bits per heavy atom. The molecule has 0 bridgehead atoms. The Labute approximate surface area is 322 Å². The van der Waals surface area contributed by atoms with Gasteiger partial charge < -0.3 is 4.90 Å². The van der Waals surface area contributed by atoms with Crippen molar-refractivity contribution < 1.29 is 0 Å². The van der Waals surface area contributed by atoms with Crippen molar-refractivity contribution in [3.8, 4) is 44.5 Å². The molecule has 0 aromatic heterocycles. The van der Waals surface area contributed by atoms with Crippen LogP contribution in [0.3, 0.4) is 0 Å². The Bertz CT molecular complexity index is 2880. The molecule has 1 heteroatoms. The standard InChI is InChI=1S/C54H37N/c1-6-18-38(19-7-1)39-30-32-41(33-31-39)50-37-49(40-20-8-2-9-21-40)52(42-22-10-3-11-23-42)54-48-35-34-45(36-51(48)46-28-16-17-29-47(46)53(50)54)55(43-24-12-4-13-25-43)44-26-14-5-15-27-44/h1-37H. The first-order valence-corrected chi connectivity index (χ1v) is 18.9. The molecule has 10 rings (SSSR count). The molecule has 1 nitrogen and oxygen atoms in total. The minimum atomic E-state index is 1.12. The van der Waals surface area contributed by atoms with Crippen LogP contribution < -0.4 is 4.90 Å². The normalized spacial score (nSPS) is 11.3. The molecule has 0 amide bonds. The van der Waals surface area contributed by atoms with Crippen molar-refractivity contribution in [2.24, 2.45) is 0 Å². The SMILES string of the molecule is c1ccc(-c2ccc(-c3cc(-c4ccccc4)c(-c4ccccc4)c4c5ccc(N(c6ccccc6)c6ccccc6)cc5c5ccccc5c34)cc2)cc1. The van der Waals surface area contributed by atoms with Gasteiger partial charge in [-0.2, -0.15) is 0 Å². The van der Waals surface area contributed by atoms with Crippen molar-refractivity contribution in [2.45, 2.75) is 0 Å². The minimum Gasteiger partial charge on any atom is -0.310 e. The predicted molar refractivity (Wildman–Crippen MR) is 235 cm³/mol. The van der Waals surface area contributed by atoms with E-state index in [2.05, 4.69) is 229 Å². The van der Waals surface area contributed by atoms with Gasteiger partial charge in [0.05, 0.1) is 0 Å². The molecular formula is C54H37N. The minimum absolute atomic E-state index is 1.12. The topological polar surface area (TPSA) is 3.24 Å². The van der Waals surface area contributed by atoms with Crippen LogP contribution in [0, 0.1) is 0 Å². The number of hydrogen-bond donors (Lipinski definition) is 0. The zero-order valence-corrected chi connectivity index (χ0v) is 30.3. The fraction of sp³-hybridized carbons (Fsp3) is 0. The van der Waals surface area contributed by atoms with E-state index in [1.807, 2.05) is 0 Å². The van der Waals surface area contributed by atoms with E-state index in [1.54, 1.807) is 0 Å². The van der Waals surface area contributed by atoms with Crippen LogP contribution in [0.15, 0.2) is 224 Å². The van der Waals surface area contributed by atoms with E-state index in [9.17, 15) is 0 Å². The van der Waals surface area contributed by atoms with Gasteiger partial charge in [-0.15, -0.1) is 0 Å². The van der Waals surface area contributed by atoms with Gasteiger partial charge in [0.2, 0.25) is 0 Å². The lowest BCUT2D eigenvalue weighted by Crippen LogP contribution is -2.09.